The summed E-state index contributed by atoms with van der Waals surface area (Å²) in [6, 6.07) is 7.56. The van der Waals surface area contributed by atoms with Crippen molar-refractivity contribution in [3.8, 4) is 0 Å². The van der Waals surface area contributed by atoms with Gasteiger partial charge in [-0.15, -0.1) is 0 Å². The van der Waals surface area contributed by atoms with E-state index < -0.39 is 0 Å². The number of carbonyl (C=O) groups excluding carboxylic acids is 2. The Bertz CT molecular complexity index is 588. The molecule has 2 amide bonds. The van der Waals surface area contributed by atoms with Crippen LogP contribution in [-0.2, 0) is 9.59 Å². The summed E-state index contributed by atoms with van der Waals surface area (Å²) < 4.78 is 0. The summed E-state index contributed by atoms with van der Waals surface area (Å²) in [4.78, 5) is 25.5. The van der Waals surface area contributed by atoms with Gasteiger partial charge in [-0.1, -0.05) is 51.7 Å². The van der Waals surface area contributed by atoms with E-state index in [1.54, 1.807) is 0 Å². The van der Waals surface area contributed by atoms with E-state index in [2.05, 4.69) is 24.5 Å². The minimum absolute atomic E-state index is 0.0749. The fraction of sp³-hybridized carbons (Fsp3) is 0.636. The summed E-state index contributed by atoms with van der Waals surface area (Å²) in [7, 11) is 0. The molecule has 0 aliphatic heterocycles. The standard InChI is InChI=1S/C22H32N2O2/c1-15-9-3-5-11-17(15)21(25)23-19-13-7-8-14-20(19)24-22(26)18-12-6-4-10-16(18)2/h7-8,13-18H,3-6,9-12H2,1-2H3,(H,23,25)(H,24,26). The second kappa shape index (κ2) is 8.70. The first-order valence-corrected chi connectivity index (χ1v) is 10.3. The quantitative estimate of drug-likeness (QED) is 0.777. The van der Waals surface area contributed by atoms with E-state index in [0.29, 0.717) is 23.2 Å². The third kappa shape index (κ3) is 4.46. The minimum atomic E-state index is 0.0749. The average molecular weight is 357 g/mol. The lowest BCUT2D eigenvalue weighted by atomic mass is 9.80. The van der Waals surface area contributed by atoms with Crippen LogP contribution in [0.4, 0.5) is 11.4 Å². The van der Waals surface area contributed by atoms with E-state index in [9.17, 15) is 9.59 Å². The monoisotopic (exact) mass is 356 g/mol. The molecule has 0 aromatic heterocycles. The third-order valence-corrected chi connectivity index (χ3v) is 6.34. The Morgan fingerprint density at radius 1 is 0.731 bits per heavy atom. The van der Waals surface area contributed by atoms with Crippen LogP contribution >= 0.6 is 0 Å². The Labute approximate surface area is 157 Å². The van der Waals surface area contributed by atoms with Crippen molar-refractivity contribution in [1.82, 2.24) is 0 Å². The number of amides is 2. The van der Waals surface area contributed by atoms with Gasteiger partial charge in [0.15, 0.2) is 0 Å². The molecule has 142 valence electrons. The Balaban J connectivity index is 1.67. The first-order valence-electron chi connectivity index (χ1n) is 10.3. The highest BCUT2D eigenvalue weighted by atomic mass is 16.2. The lowest BCUT2D eigenvalue weighted by Gasteiger charge is -2.29. The van der Waals surface area contributed by atoms with Crippen LogP contribution in [0.25, 0.3) is 0 Å². The summed E-state index contributed by atoms with van der Waals surface area (Å²) >= 11 is 0. The molecule has 0 heterocycles. The molecule has 1 aromatic carbocycles. The van der Waals surface area contributed by atoms with Gasteiger partial charge in [0.25, 0.3) is 0 Å². The Morgan fingerprint density at radius 2 is 1.12 bits per heavy atom. The maximum absolute atomic E-state index is 12.7. The molecule has 2 saturated carbocycles. The molecule has 4 heteroatoms. The van der Waals surface area contributed by atoms with E-state index in [0.717, 1.165) is 38.5 Å². The summed E-state index contributed by atoms with van der Waals surface area (Å²) in [5.74, 6) is 1.17. The Morgan fingerprint density at radius 3 is 1.50 bits per heavy atom. The van der Waals surface area contributed by atoms with Crippen LogP contribution in [0.2, 0.25) is 0 Å². The maximum Gasteiger partial charge on any atom is 0.227 e. The predicted octanol–water partition coefficient (Wildman–Crippen LogP) is 5.22. The molecule has 4 nitrogen and oxygen atoms in total. The van der Waals surface area contributed by atoms with Crippen molar-refractivity contribution >= 4 is 23.2 Å². The molecule has 2 N–H and O–H groups in total. The van der Waals surface area contributed by atoms with Crippen molar-refractivity contribution in [2.45, 2.75) is 65.2 Å². The summed E-state index contributed by atoms with van der Waals surface area (Å²) in [5.41, 5.74) is 1.43. The molecule has 3 rings (SSSR count). The molecule has 2 aliphatic carbocycles. The third-order valence-electron chi connectivity index (χ3n) is 6.34. The van der Waals surface area contributed by atoms with Crippen molar-refractivity contribution in [1.29, 1.82) is 0 Å². The van der Waals surface area contributed by atoms with Gasteiger partial charge in [0.1, 0.15) is 0 Å². The van der Waals surface area contributed by atoms with E-state index in [1.807, 2.05) is 24.3 Å². The Kier molecular flexibility index (Phi) is 6.33. The molecule has 26 heavy (non-hydrogen) atoms. The number of nitrogens with one attached hydrogen (secondary N) is 2. The van der Waals surface area contributed by atoms with Crippen molar-refractivity contribution in [2.75, 3.05) is 10.6 Å². The molecule has 0 saturated heterocycles. The zero-order chi connectivity index (χ0) is 18.5. The van der Waals surface area contributed by atoms with Crippen LogP contribution in [0.1, 0.15) is 65.2 Å². The fourth-order valence-corrected chi connectivity index (χ4v) is 4.56. The fourth-order valence-electron chi connectivity index (χ4n) is 4.56. The molecule has 4 atom stereocenters. The van der Waals surface area contributed by atoms with Crippen LogP contribution in [0.5, 0.6) is 0 Å². The highest BCUT2D eigenvalue weighted by Gasteiger charge is 2.30. The zero-order valence-corrected chi connectivity index (χ0v) is 16.1. The lowest BCUT2D eigenvalue weighted by molar-refractivity contribution is -0.123. The number of hydrogen-bond donors (Lipinski definition) is 2. The molecular weight excluding hydrogens is 324 g/mol. The molecule has 2 aliphatic rings. The van der Waals surface area contributed by atoms with Gasteiger partial charge >= 0.3 is 0 Å². The highest BCUT2D eigenvalue weighted by Crippen LogP contribution is 2.33. The number of anilines is 2. The van der Waals surface area contributed by atoms with E-state index >= 15 is 0 Å². The smallest absolute Gasteiger partial charge is 0.227 e. The predicted molar refractivity (Wildman–Crippen MR) is 106 cm³/mol. The van der Waals surface area contributed by atoms with Crippen LogP contribution in [0, 0.1) is 23.7 Å². The molecular formula is C22H32N2O2. The van der Waals surface area contributed by atoms with Crippen molar-refractivity contribution in [3.05, 3.63) is 24.3 Å². The second-order valence-corrected chi connectivity index (χ2v) is 8.26. The minimum Gasteiger partial charge on any atom is -0.324 e. The van der Waals surface area contributed by atoms with Crippen LogP contribution in [-0.4, -0.2) is 11.8 Å². The largest absolute Gasteiger partial charge is 0.324 e. The highest BCUT2D eigenvalue weighted by molar-refractivity contribution is 6.01. The zero-order valence-electron chi connectivity index (χ0n) is 16.1. The molecule has 1 aromatic rings. The van der Waals surface area contributed by atoms with Gasteiger partial charge < -0.3 is 10.6 Å². The Hall–Kier alpha value is -1.84. The van der Waals surface area contributed by atoms with Gasteiger partial charge in [-0.3, -0.25) is 9.59 Å². The van der Waals surface area contributed by atoms with E-state index in [1.165, 1.54) is 12.8 Å². The van der Waals surface area contributed by atoms with Crippen molar-refractivity contribution < 1.29 is 9.59 Å². The van der Waals surface area contributed by atoms with Crippen LogP contribution < -0.4 is 10.6 Å². The second-order valence-electron chi connectivity index (χ2n) is 8.26. The molecule has 0 radical (unpaired) electrons. The SMILES string of the molecule is CC1CCCCC1C(=O)Nc1ccccc1NC(=O)C1CCCCC1C. The first-order chi connectivity index (χ1) is 12.6. The average Bonchev–Trinajstić information content (AvgIpc) is 2.64. The van der Waals surface area contributed by atoms with Gasteiger partial charge in [0, 0.05) is 11.8 Å². The number of carbonyl (C=O) groups is 2. The summed E-state index contributed by atoms with van der Waals surface area (Å²) in [6.07, 6.45) is 8.85. The maximum atomic E-state index is 12.7. The molecule has 0 bridgehead atoms. The van der Waals surface area contributed by atoms with E-state index in [4.69, 9.17) is 0 Å². The summed E-state index contributed by atoms with van der Waals surface area (Å²) in [6.45, 7) is 4.34. The van der Waals surface area contributed by atoms with Crippen molar-refractivity contribution in [3.63, 3.8) is 0 Å². The van der Waals surface area contributed by atoms with Crippen LogP contribution in [0.3, 0.4) is 0 Å². The first kappa shape index (κ1) is 18.9. The number of rotatable bonds is 4. The van der Waals surface area contributed by atoms with Gasteiger partial charge in [-0.05, 0) is 49.7 Å². The van der Waals surface area contributed by atoms with Crippen LogP contribution in [0.15, 0.2) is 24.3 Å². The topological polar surface area (TPSA) is 58.2 Å². The van der Waals surface area contributed by atoms with Gasteiger partial charge in [0.05, 0.1) is 11.4 Å². The molecule has 0 spiro atoms. The lowest BCUT2D eigenvalue weighted by Crippen LogP contribution is -2.32. The van der Waals surface area contributed by atoms with Gasteiger partial charge in [0.2, 0.25) is 11.8 Å². The number of para-hydroxylation sites is 2. The van der Waals surface area contributed by atoms with Gasteiger partial charge in [-0.25, -0.2) is 0 Å². The molecule has 2 fully saturated rings. The van der Waals surface area contributed by atoms with Crippen molar-refractivity contribution in [2.24, 2.45) is 23.7 Å². The van der Waals surface area contributed by atoms with E-state index in [-0.39, 0.29) is 23.7 Å². The number of hydrogen-bond acceptors (Lipinski definition) is 2. The number of benzene rings is 1. The molecule has 4 unspecified atom stereocenters. The van der Waals surface area contributed by atoms with Gasteiger partial charge in [-0.2, -0.15) is 0 Å². The summed E-state index contributed by atoms with van der Waals surface area (Å²) in [5, 5.41) is 6.15. The normalized spacial score (nSPS) is 29.0.